The summed E-state index contributed by atoms with van der Waals surface area (Å²) in [5.41, 5.74) is 0.526. The fraction of sp³-hybridized carbons (Fsp3) is 0.100. The van der Waals surface area contributed by atoms with Crippen molar-refractivity contribution >= 4 is 5.97 Å². The van der Waals surface area contributed by atoms with Crippen LogP contribution in [-0.4, -0.2) is 16.1 Å². The van der Waals surface area contributed by atoms with Crippen LogP contribution in [0.3, 0.4) is 0 Å². The fourth-order valence-electron chi connectivity index (χ4n) is 1.16. The summed E-state index contributed by atoms with van der Waals surface area (Å²) < 4.78 is 17.4. The highest BCUT2D eigenvalue weighted by molar-refractivity contribution is 5.66. The summed E-state index contributed by atoms with van der Waals surface area (Å²) in [4.78, 5) is 14.1. The zero-order chi connectivity index (χ0) is 11.5. The molecule has 0 aliphatic rings. The van der Waals surface area contributed by atoms with Gasteiger partial charge in [0.2, 0.25) is 0 Å². The van der Waals surface area contributed by atoms with E-state index in [-0.39, 0.29) is 17.5 Å². The predicted octanol–water partition coefficient (Wildman–Crippen LogP) is 0.168. The Morgan fingerprint density at radius 2 is 2.06 bits per heavy atom. The van der Waals surface area contributed by atoms with Gasteiger partial charge in [0.15, 0.2) is 5.82 Å². The second-order valence-corrected chi connectivity index (χ2v) is 3.07. The Balaban J connectivity index is 2.24. The van der Waals surface area contributed by atoms with Crippen LogP contribution in [0, 0.1) is 5.82 Å². The smallest absolute Gasteiger partial charge is 0.257 e. The van der Waals surface area contributed by atoms with E-state index in [1.54, 1.807) is 0 Å². The van der Waals surface area contributed by atoms with Gasteiger partial charge in [0.1, 0.15) is 5.82 Å². The monoisotopic (exact) mass is 221 g/mol. The van der Waals surface area contributed by atoms with E-state index >= 15 is 0 Å². The molecule has 2 rings (SSSR count). The molecule has 0 N–H and O–H groups in total. The zero-order valence-electron chi connectivity index (χ0n) is 8.01. The summed E-state index contributed by atoms with van der Waals surface area (Å²) in [5, 5.41) is 13.7. The summed E-state index contributed by atoms with van der Waals surface area (Å²) in [5.74, 6) is -1.49. The minimum atomic E-state index is -1.29. The lowest BCUT2D eigenvalue weighted by Crippen LogP contribution is -2.24. The molecule has 0 amide bonds. The molecule has 1 aromatic heterocycles. The van der Waals surface area contributed by atoms with Gasteiger partial charge < -0.3 is 14.4 Å². The van der Waals surface area contributed by atoms with Crippen molar-refractivity contribution in [3.63, 3.8) is 0 Å². The third-order valence-electron chi connectivity index (χ3n) is 1.86. The number of carboxylic acid groups (broad SMARTS) is 1. The van der Waals surface area contributed by atoms with Crippen LogP contribution in [0.4, 0.5) is 4.39 Å². The Hall–Kier alpha value is -2.24. The number of hydrogen-bond donors (Lipinski definition) is 0. The first-order valence-electron chi connectivity index (χ1n) is 4.43. The van der Waals surface area contributed by atoms with Crippen LogP contribution < -0.4 is 5.11 Å². The van der Waals surface area contributed by atoms with Gasteiger partial charge in [-0.2, -0.15) is 4.98 Å². The van der Waals surface area contributed by atoms with Gasteiger partial charge in [-0.15, -0.1) is 0 Å². The standard InChI is InChI=1S/C10H7FN2O3/c11-7-3-1-6(2-4-7)10-12-8(13-16-10)5-9(14)15/h1-4H,5H2,(H,14,15)/p-1. The minimum Gasteiger partial charge on any atom is -0.550 e. The van der Waals surface area contributed by atoms with Gasteiger partial charge in [0.05, 0.1) is 6.42 Å². The second kappa shape index (κ2) is 4.09. The van der Waals surface area contributed by atoms with Crippen LogP contribution in [0.1, 0.15) is 5.82 Å². The molecule has 0 aliphatic heterocycles. The van der Waals surface area contributed by atoms with Crippen molar-refractivity contribution in [3.8, 4) is 11.5 Å². The maximum atomic E-state index is 12.6. The molecule has 2 aromatic rings. The largest absolute Gasteiger partial charge is 0.550 e. The maximum Gasteiger partial charge on any atom is 0.257 e. The molecule has 0 radical (unpaired) electrons. The van der Waals surface area contributed by atoms with E-state index in [0.29, 0.717) is 5.56 Å². The second-order valence-electron chi connectivity index (χ2n) is 3.07. The highest BCUT2D eigenvalue weighted by atomic mass is 19.1. The van der Waals surface area contributed by atoms with Gasteiger partial charge in [-0.3, -0.25) is 0 Å². The van der Waals surface area contributed by atoms with E-state index in [2.05, 4.69) is 10.1 Å². The van der Waals surface area contributed by atoms with Gasteiger partial charge in [0.25, 0.3) is 5.89 Å². The average molecular weight is 221 g/mol. The number of carbonyl (C=O) groups excluding carboxylic acids is 1. The molecule has 1 aromatic carbocycles. The SMILES string of the molecule is O=C([O-])Cc1noc(-c2ccc(F)cc2)n1. The molecule has 0 saturated carbocycles. The first-order chi connectivity index (χ1) is 7.65. The lowest BCUT2D eigenvalue weighted by atomic mass is 10.2. The molecule has 6 heteroatoms. The highest BCUT2D eigenvalue weighted by Crippen LogP contribution is 2.17. The number of aliphatic carboxylic acids is 1. The molecule has 16 heavy (non-hydrogen) atoms. The van der Waals surface area contributed by atoms with Crippen molar-refractivity contribution < 1.29 is 18.8 Å². The highest BCUT2D eigenvalue weighted by Gasteiger charge is 2.08. The van der Waals surface area contributed by atoms with Crippen LogP contribution in [0.2, 0.25) is 0 Å². The number of carbonyl (C=O) groups is 1. The van der Waals surface area contributed by atoms with Gasteiger partial charge in [-0.05, 0) is 24.3 Å². The maximum absolute atomic E-state index is 12.6. The van der Waals surface area contributed by atoms with E-state index in [9.17, 15) is 14.3 Å². The normalized spacial score (nSPS) is 10.3. The van der Waals surface area contributed by atoms with Crippen molar-refractivity contribution in [1.29, 1.82) is 0 Å². The molecule has 1 heterocycles. The zero-order valence-corrected chi connectivity index (χ0v) is 8.01. The fourth-order valence-corrected chi connectivity index (χ4v) is 1.16. The molecular weight excluding hydrogens is 215 g/mol. The number of rotatable bonds is 3. The van der Waals surface area contributed by atoms with Gasteiger partial charge in [-0.25, -0.2) is 4.39 Å². The number of carboxylic acids is 1. The average Bonchev–Trinajstić information content (AvgIpc) is 2.66. The van der Waals surface area contributed by atoms with Crippen molar-refractivity contribution in [3.05, 3.63) is 35.9 Å². The Labute approximate surface area is 89.5 Å². The summed E-state index contributed by atoms with van der Waals surface area (Å²) >= 11 is 0. The van der Waals surface area contributed by atoms with Crippen molar-refractivity contribution in [2.45, 2.75) is 6.42 Å². The van der Waals surface area contributed by atoms with Crippen molar-refractivity contribution in [2.24, 2.45) is 0 Å². The molecular formula is C10H6FN2O3-. The van der Waals surface area contributed by atoms with Crippen LogP contribution in [0.25, 0.3) is 11.5 Å². The number of aromatic nitrogens is 2. The van der Waals surface area contributed by atoms with Crippen LogP contribution in [0.15, 0.2) is 28.8 Å². The van der Waals surface area contributed by atoms with Crippen LogP contribution >= 0.6 is 0 Å². The predicted molar refractivity (Wildman–Crippen MR) is 48.4 cm³/mol. The Morgan fingerprint density at radius 1 is 1.38 bits per heavy atom. The van der Waals surface area contributed by atoms with Gasteiger partial charge in [-0.1, -0.05) is 5.16 Å². The summed E-state index contributed by atoms with van der Waals surface area (Å²) in [6.07, 6.45) is -0.412. The molecule has 5 nitrogen and oxygen atoms in total. The van der Waals surface area contributed by atoms with Gasteiger partial charge >= 0.3 is 0 Å². The first-order valence-corrected chi connectivity index (χ1v) is 4.43. The Morgan fingerprint density at radius 3 is 2.69 bits per heavy atom. The quantitative estimate of drug-likeness (QED) is 0.738. The molecule has 0 unspecified atom stereocenters. The molecule has 0 spiro atoms. The molecule has 0 aliphatic carbocycles. The molecule has 82 valence electrons. The Kier molecular flexibility index (Phi) is 2.63. The molecule has 0 bridgehead atoms. The van der Waals surface area contributed by atoms with Crippen molar-refractivity contribution in [2.75, 3.05) is 0 Å². The third kappa shape index (κ3) is 2.22. The topological polar surface area (TPSA) is 79.0 Å². The number of halogens is 1. The van der Waals surface area contributed by atoms with Crippen molar-refractivity contribution in [1.82, 2.24) is 10.1 Å². The Bertz CT molecular complexity index is 507. The molecule has 0 saturated heterocycles. The summed E-state index contributed by atoms with van der Waals surface area (Å²) in [7, 11) is 0. The first kappa shape index (κ1) is 10.3. The third-order valence-corrected chi connectivity index (χ3v) is 1.86. The number of nitrogens with zero attached hydrogens (tertiary/aromatic N) is 2. The van der Waals surface area contributed by atoms with E-state index in [0.717, 1.165) is 0 Å². The lowest BCUT2D eigenvalue weighted by Gasteiger charge is -1.94. The van der Waals surface area contributed by atoms with E-state index in [4.69, 9.17) is 4.52 Å². The summed E-state index contributed by atoms with van der Waals surface area (Å²) in [6, 6.07) is 5.42. The molecule has 0 atom stereocenters. The van der Waals surface area contributed by atoms with E-state index in [1.165, 1.54) is 24.3 Å². The lowest BCUT2D eigenvalue weighted by molar-refractivity contribution is -0.304. The molecule has 0 fully saturated rings. The van der Waals surface area contributed by atoms with Crippen LogP contribution in [-0.2, 0) is 11.2 Å². The van der Waals surface area contributed by atoms with E-state index < -0.39 is 12.4 Å². The number of benzene rings is 1. The minimum absolute atomic E-state index is 0.0272. The summed E-state index contributed by atoms with van der Waals surface area (Å²) in [6.45, 7) is 0. The number of hydrogen-bond acceptors (Lipinski definition) is 5. The van der Waals surface area contributed by atoms with Crippen LogP contribution in [0.5, 0.6) is 0 Å². The van der Waals surface area contributed by atoms with Gasteiger partial charge in [0, 0.05) is 11.5 Å². The van der Waals surface area contributed by atoms with E-state index in [1.807, 2.05) is 0 Å².